The molecule has 1 aromatic heterocycles. The van der Waals surface area contributed by atoms with Crippen molar-refractivity contribution in [3.05, 3.63) is 35.7 Å². The topological polar surface area (TPSA) is 88.3 Å². The molecule has 0 aliphatic carbocycles. The minimum absolute atomic E-state index is 0.218. The van der Waals surface area contributed by atoms with E-state index in [-0.39, 0.29) is 6.54 Å². The van der Waals surface area contributed by atoms with Gasteiger partial charge in [0, 0.05) is 5.56 Å². The third kappa shape index (κ3) is 3.46. The number of nitrogens with one attached hydrogen (secondary N) is 1. The van der Waals surface area contributed by atoms with Gasteiger partial charge in [-0.25, -0.2) is 0 Å². The minimum atomic E-state index is -1.00. The third-order valence-electron chi connectivity index (χ3n) is 3.57. The van der Waals surface area contributed by atoms with Gasteiger partial charge in [0.1, 0.15) is 5.54 Å². The lowest BCUT2D eigenvalue weighted by Crippen LogP contribution is -2.48. The molecule has 2 rings (SSSR count). The molecular weight excluding hydrogens is 270 g/mol. The Balaban J connectivity index is 2.07. The zero-order valence-corrected chi connectivity index (χ0v) is 12.4. The number of rotatable bonds is 6. The highest BCUT2D eigenvalue weighted by Gasteiger charge is 2.30. The molecule has 2 N–H and O–H groups in total. The van der Waals surface area contributed by atoms with E-state index in [2.05, 4.69) is 15.5 Å². The summed E-state index contributed by atoms with van der Waals surface area (Å²) in [5, 5.41) is 20.1. The van der Waals surface area contributed by atoms with Gasteiger partial charge in [-0.2, -0.15) is 0 Å². The van der Waals surface area contributed by atoms with Crippen LogP contribution in [-0.2, 0) is 11.3 Å². The molecule has 0 saturated heterocycles. The van der Waals surface area contributed by atoms with Gasteiger partial charge in [0.25, 0.3) is 0 Å². The molecule has 2 aromatic rings. The van der Waals surface area contributed by atoms with Crippen molar-refractivity contribution in [1.29, 1.82) is 0 Å². The summed E-state index contributed by atoms with van der Waals surface area (Å²) >= 11 is 0. The monoisotopic (exact) mass is 289 g/mol. The van der Waals surface area contributed by atoms with Gasteiger partial charge in [-0.05, 0) is 32.4 Å². The first kappa shape index (κ1) is 15.2. The fourth-order valence-corrected chi connectivity index (χ4v) is 1.76. The van der Waals surface area contributed by atoms with Crippen LogP contribution in [0.5, 0.6) is 0 Å². The number of nitrogens with zero attached hydrogens (tertiary/aromatic N) is 2. The molecule has 0 spiro atoms. The molecule has 0 aliphatic heterocycles. The second-order valence-corrected chi connectivity index (χ2v) is 5.21. The molecule has 1 unspecified atom stereocenters. The summed E-state index contributed by atoms with van der Waals surface area (Å²) in [5.41, 5.74) is 0.995. The predicted octanol–water partition coefficient (Wildman–Crippen LogP) is 2.39. The molecular formula is C15H19N3O3. The van der Waals surface area contributed by atoms with E-state index < -0.39 is 11.5 Å². The Bertz CT molecular complexity index is 621. The predicted molar refractivity (Wildman–Crippen MR) is 77.6 cm³/mol. The van der Waals surface area contributed by atoms with Gasteiger partial charge in [-0.15, -0.1) is 10.2 Å². The number of carboxylic acids is 1. The maximum Gasteiger partial charge on any atom is 0.323 e. The summed E-state index contributed by atoms with van der Waals surface area (Å²) in [7, 11) is 0. The van der Waals surface area contributed by atoms with Crippen molar-refractivity contribution < 1.29 is 14.3 Å². The first-order valence-electron chi connectivity index (χ1n) is 6.82. The number of carbonyl (C=O) groups is 1. The molecule has 0 radical (unpaired) electrons. The van der Waals surface area contributed by atoms with Crippen molar-refractivity contribution in [2.45, 2.75) is 39.3 Å². The second-order valence-electron chi connectivity index (χ2n) is 5.21. The van der Waals surface area contributed by atoms with Gasteiger partial charge in [-0.3, -0.25) is 10.1 Å². The van der Waals surface area contributed by atoms with E-state index in [1.54, 1.807) is 6.92 Å². The van der Waals surface area contributed by atoms with Gasteiger partial charge in [0.05, 0.1) is 6.54 Å². The molecule has 0 saturated carbocycles. The average Bonchev–Trinajstić information content (AvgIpc) is 2.94. The zero-order valence-electron chi connectivity index (χ0n) is 12.4. The summed E-state index contributed by atoms with van der Waals surface area (Å²) in [5.74, 6) is -0.102. The Hall–Kier alpha value is -2.21. The number of hydrogen-bond donors (Lipinski definition) is 2. The summed E-state index contributed by atoms with van der Waals surface area (Å²) < 4.78 is 5.55. The summed E-state index contributed by atoms with van der Waals surface area (Å²) in [6.45, 7) is 5.67. The van der Waals surface area contributed by atoms with E-state index in [0.717, 1.165) is 11.1 Å². The number of benzene rings is 1. The Morgan fingerprint density at radius 2 is 2.00 bits per heavy atom. The highest BCUT2D eigenvalue weighted by atomic mass is 16.4. The van der Waals surface area contributed by atoms with Crippen LogP contribution in [0, 0.1) is 6.92 Å². The summed E-state index contributed by atoms with van der Waals surface area (Å²) in [6, 6.07) is 7.76. The van der Waals surface area contributed by atoms with Crippen LogP contribution in [0.3, 0.4) is 0 Å². The molecule has 0 amide bonds. The van der Waals surface area contributed by atoms with Crippen LogP contribution in [0.15, 0.2) is 28.7 Å². The third-order valence-corrected chi connectivity index (χ3v) is 3.57. The van der Waals surface area contributed by atoms with Crippen molar-refractivity contribution in [2.75, 3.05) is 0 Å². The van der Waals surface area contributed by atoms with E-state index in [9.17, 15) is 9.90 Å². The van der Waals surface area contributed by atoms with Crippen molar-refractivity contribution >= 4 is 5.97 Å². The quantitative estimate of drug-likeness (QED) is 0.849. The standard InChI is InChI=1S/C15H19N3O3/c1-4-15(3,14(19)20)16-9-12-17-18-13(21-12)11-7-5-10(2)6-8-11/h5-8,16H,4,9H2,1-3H3,(H,19,20). The number of hydrogen-bond acceptors (Lipinski definition) is 5. The van der Waals surface area contributed by atoms with E-state index >= 15 is 0 Å². The highest BCUT2D eigenvalue weighted by Crippen LogP contribution is 2.18. The summed E-state index contributed by atoms with van der Waals surface area (Å²) in [6.07, 6.45) is 0.460. The molecule has 6 heteroatoms. The summed E-state index contributed by atoms with van der Waals surface area (Å²) in [4.78, 5) is 11.2. The van der Waals surface area contributed by atoms with Crippen molar-refractivity contribution in [3.63, 3.8) is 0 Å². The fourth-order valence-electron chi connectivity index (χ4n) is 1.76. The van der Waals surface area contributed by atoms with Crippen LogP contribution < -0.4 is 5.32 Å². The normalized spacial score (nSPS) is 13.9. The van der Waals surface area contributed by atoms with E-state index in [0.29, 0.717) is 18.2 Å². The highest BCUT2D eigenvalue weighted by molar-refractivity contribution is 5.78. The molecule has 1 atom stereocenters. The van der Waals surface area contributed by atoms with Crippen LogP contribution in [0.1, 0.15) is 31.7 Å². The number of carboxylic acid groups (broad SMARTS) is 1. The Labute approximate surface area is 123 Å². The zero-order chi connectivity index (χ0) is 15.5. The Morgan fingerprint density at radius 3 is 2.57 bits per heavy atom. The van der Waals surface area contributed by atoms with Crippen LogP contribution in [0.2, 0.25) is 0 Å². The largest absolute Gasteiger partial charge is 0.480 e. The van der Waals surface area contributed by atoms with Gasteiger partial charge in [0.2, 0.25) is 11.8 Å². The molecule has 1 aromatic carbocycles. The minimum Gasteiger partial charge on any atom is -0.480 e. The SMILES string of the molecule is CCC(C)(NCc1nnc(-c2ccc(C)cc2)o1)C(=O)O. The van der Waals surface area contributed by atoms with E-state index in [1.165, 1.54) is 0 Å². The first-order valence-corrected chi connectivity index (χ1v) is 6.82. The smallest absolute Gasteiger partial charge is 0.323 e. The Morgan fingerprint density at radius 1 is 1.33 bits per heavy atom. The number of aliphatic carboxylic acids is 1. The molecule has 112 valence electrons. The lowest BCUT2D eigenvalue weighted by atomic mass is 9.99. The number of aryl methyl sites for hydroxylation is 1. The average molecular weight is 289 g/mol. The van der Waals surface area contributed by atoms with Crippen LogP contribution in [-0.4, -0.2) is 26.8 Å². The number of aromatic nitrogens is 2. The Kier molecular flexibility index (Phi) is 4.37. The fraction of sp³-hybridized carbons (Fsp3) is 0.400. The first-order chi connectivity index (χ1) is 9.94. The lowest BCUT2D eigenvalue weighted by Gasteiger charge is -2.23. The van der Waals surface area contributed by atoms with Crippen molar-refractivity contribution in [2.24, 2.45) is 0 Å². The second kappa shape index (κ2) is 6.05. The van der Waals surface area contributed by atoms with Crippen LogP contribution >= 0.6 is 0 Å². The molecule has 1 heterocycles. The van der Waals surface area contributed by atoms with Crippen molar-refractivity contribution in [1.82, 2.24) is 15.5 Å². The molecule has 6 nitrogen and oxygen atoms in total. The van der Waals surface area contributed by atoms with Crippen molar-refractivity contribution in [3.8, 4) is 11.5 Å². The van der Waals surface area contributed by atoms with Crippen LogP contribution in [0.25, 0.3) is 11.5 Å². The molecule has 0 aliphatic rings. The lowest BCUT2D eigenvalue weighted by molar-refractivity contribution is -0.144. The molecule has 21 heavy (non-hydrogen) atoms. The molecule has 0 fully saturated rings. The van der Waals surface area contributed by atoms with Gasteiger partial charge in [0.15, 0.2) is 0 Å². The van der Waals surface area contributed by atoms with E-state index in [1.807, 2.05) is 38.1 Å². The van der Waals surface area contributed by atoms with Gasteiger partial charge >= 0.3 is 5.97 Å². The van der Waals surface area contributed by atoms with Crippen LogP contribution in [0.4, 0.5) is 0 Å². The van der Waals surface area contributed by atoms with Gasteiger partial charge in [-0.1, -0.05) is 24.6 Å². The van der Waals surface area contributed by atoms with Gasteiger partial charge < -0.3 is 9.52 Å². The maximum atomic E-state index is 11.2. The van der Waals surface area contributed by atoms with E-state index in [4.69, 9.17) is 4.42 Å². The molecule has 0 bridgehead atoms. The maximum absolute atomic E-state index is 11.2.